The number of nitrogens with zero attached hydrogens (tertiary/aromatic N) is 2. The quantitative estimate of drug-likeness (QED) is 0.524. The minimum Gasteiger partial charge on any atom is -0.453 e. The number of hydrogen-bond acceptors (Lipinski definition) is 7. The van der Waals surface area contributed by atoms with Crippen molar-refractivity contribution in [3.05, 3.63) is 77.9 Å². The fourth-order valence-electron chi connectivity index (χ4n) is 4.58. The summed E-state index contributed by atoms with van der Waals surface area (Å²) in [7, 11) is -7.83. The number of nitrogens with one attached hydrogen (secondary N) is 1. The molecule has 0 bridgehead atoms. The number of sulfone groups is 1. The van der Waals surface area contributed by atoms with Crippen LogP contribution >= 0.6 is 0 Å². The zero-order chi connectivity index (χ0) is 25.5. The molecule has 188 valence electrons. The Balaban J connectivity index is 1.39. The smallest absolute Gasteiger partial charge is 0.247 e. The van der Waals surface area contributed by atoms with E-state index in [9.17, 15) is 21.6 Å². The highest BCUT2D eigenvalue weighted by molar-refractivity contribution is 8.08. The zero-order valence-electron chi connectivity index (χ0n) is 19.5. The van der Waals surface area contributed by atoms with Crippen LogP contribution in [0.15, 0.2) is 66.7 Å². The van der Waals surface area contributed by atoms with Gasteiger partial charge in [0.2, 0.25) is 15.9 Å². The lowest BCUT2D eigenvalue weighted by Crippen LogP contribution is -2.41. The molecule has 3 aromatic carbocycles. The Hall–Kier alpha value is -3.41. The third kappa shape index (κ3) is 5.08. The lowest BCUT2D eigenvalue weighted by molar-refractivity contribution is -0.119. The van der Waals surface area contributed by atoms with Crippen LogP contribution in [0.3, 0.4) is 0 Å². The first-order valence-electron chi connectivity index (χ1n) is 11.3. The van der Waals surface area contributed by atoms with Gasteiger partial charge in [0.25, 0.3) is 0 Å². The number of carbonyl (C=O) groups is 1. The van der Waals surface area contributed by atoms with Crippen LogP contribution in [0.1, 0.15) is 11.1 Å². The van der Waals surface area contributed by atoms with Gasteiger partial charge >= 0.3 is 0 Å². The van der Waals surface area contributed by atoms with Gasteiger partial charge in [0.1, 0.15) is 0 Å². The van der Waals surface area contributed by atoms with Crippen LogP contribution in [0.2, 0.25) is 0 Å². The molecule has 0 saturated carbocycles. The van der Waals surface area contributed by atoms with Gasteiger partial charge in [0.15, 0.2) is 26.4 Å². The Morgan fingerprint density at radius 2 is 1.56 bits per heavy atom. The highest BCUT2D eigenvalue weighted by Crippen LogP contribution is 2.46. The molecule has 9 nitrogen and oxygen atoms in total. The SMILES string of the molecule is CS(=O)(=O)CS(=O)(=O)Nc1cccc2c1CN(CC(=O)N1c3ccccc3Oc3ccccc31)CC2. The van der Waals surface area contributed by atoms with Crippen LogP contribution < -0.4 is 14.4 Å². The normalized spacial score (nSPS) is 15.3. The van der Waals surface area contributed by atoms with Gasteiger partial charge in [-0.05, 0) is 47.9 Å². The Kier molecular flexibility index (Phi) is 6.23. The van der Waals surface area contributed by atoms with Gasteiger partial charge in [0, 0.05) is 19.3 Å². The number of para-hydroxylation sites is 4. The number of ether oxygens (including phenoxy) is 1. The van der Waals surface area contributed by atoms with Gasteiger partial charge in [0.05, 0.1) is 23.6 Å². The fraction of sp³-hybridized carbons (Fsp3) is 0.240. The number of amides is 1. The number of carbonyl (C=O) groups excluding carboxylic acids is 1. The predicted octanol–water partition coefficient (Wildman–Crippen LogP) is 3.26. The van der Waals surface area contributed by atoms with Crippen molar-refractivity contribution >= 4 is 42.8 Å². The van der Waals surface area contributed by atoms with Crippen LogP contribution in [0.5, 0.6) is 11.5 Å². The van der Waals surface area contributed by atoms with Crippen LogP contribution in [0, 0.1) is 0 Å². The molecular weight excluding hydrogens is 502 g/mol. The molecule has 0 aromatic heterocycles. The van der Waals surface area contributed by atoms with E-state index in [1.54, 1.807) is 17.0 Å². The van der Waals surface area contributed by atoms with Gasteiger partial charge in [-0.15, -0.1) is 0 Å². The second kappa shape index (κ2) is 9.23. The topological polar surface area (TPSA) is 113 Å². The molecule has 0 radical (unpaired) electrons. The summed E-state index contributed by atoms with van der Waals surface area (Å²) >= 11 is 0. The molecule has 5 rings (SSSR count). The maximum atomic E-state index is 13.6. The maximum absolute atomic E-state index is 13.6. The molecule has 2 heterocycles. The molecule has 2 aliphatic heterocycles. The molecule has 1 amide bonds. The standard InChI is InChI=1S/C25H25N3O6S2/c1-35(30,31)17-36(32,33)26-20-8-6-7-18-13-14-27(15-19(18)20)16-25(29)28-21-9-2-4-11-23(21)34-24-12-5-3-10-22(24)28/h2-12,26H,13-17H2,1H3. The first kappa shape index (κ1) is 24.3. The van der Waals surface area contributed by atoms with Crippen LogP contribution in [0.4, 0.5) is 17.1 Å². The summed E-state index contributed by atoms with van der Waals surface area (Å²) in [6, 6.07) is 20.0. The molecule has 0 saturated heterocycles. The lowest BCUT2D eigenvalue weighted by Gasteiger charge is -2.34. The van der Waals surface area contributed by atoms with E-state index in [1.165, 1.54) is 0 Å². The molecule has 3 aromatic rings. The zero-order valence-corrected chi connectivity index (χ0v) is 21.2. The van der Waals surface area contributed by atoms with E-state index in [2.05, 4.69) is 4.72 Å². The minimum atomic E-state index is -4.10. The molecule has 0 unspecified atom stereocenters. The Bertz CT molecular complexity index is 1510. The van der Waals surface area contributed by atoms with Crippen molar-refractivity contribution in [3.8, 4) is 11.5 Å². The number of anilines is 3. The third-order valence-corrected chi connectivity index (χ3v) is 9.51. The van der Waals surface area contributed by atoms with E-state index in [4.69, 9.17) is 4.74 Å². The summed E-state index contributed by atoms with van der Waals surface area (Å²) in [5.41, 5.74) is 3.34. The van der Waals surface area contributed by atoms with E-state index in [1.807, 2.05) is 59.5 Å². The molecule has 0 aliphatic carbocycles. The summed E-state index contributed by atoms with van der Waals surface area (Å²) in [5.74, 6) is 1.05. The minimum absolute atomic E-state index is 0.104. The number of benzene rings is 3. The van der Waals surface area contributed by atoms with E-state index in [0.29, 0.717) is 48.1 Å². The van der Waals surface area contributed by atoms with Gasteiger partial charge in [-0.1, -0.05) is 36.4 Å². The highest BCUT2D eigenvalue weighted by atomic mass is 32.3. The fourth-order valence-corrected chi connectivity index (χ4v) is 7.60. The molecule has 2 aliphatic rings. The molecule has 0 spiro atoms. The Labute approximate surface area is 210 Å². The van der Waals surface area contributed by atoms with Crippen molar-refractivity contribution in [1.29, 1.82) is 0 Å². The van der Waals surface area contributed by atoms with Gasteiger partial charge < -0.3 is 4.74 Å². The molecule has 0 fully saturated rings. The summed E-state index contributed by atoms with van der Waals surface area (Å²) in [6.07, 6.45) is 1.50. The summed E-state index contributed by atoms with van der Waals surface area (Å²) < 4.78 is 56.3. The van der Waals surface area contributed by atoms with Crippen molar-refractivity contribution in [1.82, 2.24) is 4.90 Å². The molecule has 1 N–H and O–H groups in total. The number of sulfonamides is 1. The van der Waals surface area contributed by atoms with Crippen molar-refractivity contribution in [2.75, 3.05) is 34.1 Å². The molecule has 11 heteroatoms. The van der Waals surface area contributed by atoms with Crippen LogP contribution in [-0.4, -0.2) is 52.1 Å². The summed E-state index contributed by atoms with van der Waals surface area (Å²) in [6.45, 7) is 1.06. The lowest BCUT2D eigenvalue weighted by atomic mass is 9.98. The predicted molar refractivity (Wildman–Crippen MR) is 138 cm³/mol. The van der Waals surface area contributed by atoms with E-state index >= 15 is 0 Å². The number of rotatable bonds is 6. The second-order valence-electron chi connectivity index (χ2n) is 8.93. The van der Waals surface area contributed by atoms with Crippen LogP contribution in [0.25, 0.3) is 0 Å². The van der Waals surface area contributed by atoms with Crippen molar-refractivity contribution < 1.29 is 26.4 Å². The molecular formula is C25H25N3O6S2. The van der Waals surface area contributed by atoms with E-state index < -0.39 is 24.9 Å². The van der Waals surface area contributed by atoms with Crippen LogP contribution in [-0.2, 0) is 37.6 Å². The van der Waals surface area contributed by atoms with Crippen molar-refractivity contribution in [2.24, 2.45) is 0 Å². The number of fused-ring (bicyclic) bond motifs is 3. The van der Waals surface area contributed by atoms with Gasteiger partial charge in [-0.2, -0.15) is 0 Å². The summed E-state index contributed by atoms with van der Waals surface area (Å²) in [4.78, 5) is 17.2. The molecule has 0 atom stereocenters. The monoisotopic (exact) mass is 527 g/mol. The van der Waals surface area contributed by atoms with Crippen molar-refractivity contribution in [2.45, 2.75) is 13.0 Å². The summed E-state index contributed by atoms with van der Waals surface area (Å²) in [5, 5.41) is -0.998. The maximum Gasteiger partial charge on any atom is 0.247 e. The first-order chi connectivity index (χ1) is 17.1. The Morgan fingerprint density at radius 1 is 0.917 bits per heavy atom. The average molecular weight is 528 g/mol. The van der Waals surface area contributed by atoms with E-state index in [0.717, 1.165) is 17.4 Å². The Morgan fingerprint density at radius 3 is 2.19 bits per heavy atom. The largest absolute Gasteiger partial charge is 0.453 e. The highest BCUT2D eigenvalue weighted by Gasteiger charge is 2.31. The average Bonchev–Trinajstić information content (AvgIpc) is 2.81. The second-order valence-corrected chi connectivity index (χ2v) is 13.2. The van der Waals surface area contributed by atoms with Gasteiger partial charge in [-0.25, -0.2) is 16.8 Å². The number of hydrogen-bond donors (Lipinski definition) is 1. The molecule has 36 heavy (non-hydrogen) atoms. The third-order valence-electron chi connectivity index (χ3n) is 6.03. The first-order valence-corrected chi connectivity index (χ1v) is 15.0. The van der Waals surface area contributed by atoms with Gasteiger partial charge in [-0.3, -0.25) is 19.3 Å². The van der Waals surface area contributed by atoms with Crippen molar-refractivity contribution in [3.63, 3.8) is 0 Å². The van der Waals surface area contributed by atoms with E-state index in [-0.39, 0.29) is 12.5 Å².